The Morgan fingerprint density at radius 3 is 2.25 bits per heavy atom. The third-order valence-corrected chi connectivity index (χ3v) is 6.75. The first-order valence-corrected chi connectivity index (χ1v) is 10.8. The van der Waals surface area contributed by atoms with Gasteiger partial charge in [-0.15, -0.1) is 0 Å². The molecule has 2 aromatic rings. The molecule has 0 unspecified atom stereocenters. The Labute approximate surface area is 165 Å². The second-order valence-corrected chi connectivity index (χ2v) is 8.82. The molecule has 1 amide bonds. The van der Waals surface area contributed by atoms with Crippen LogP contribution in [0.5, 0.6) is 0 Å². The number of piperazine rings is 1. The molecule has 0 bridgehead atoms. The molecule has 0 saturated carbocycles. The van der Waals surface area contributed by atoms with E-state index < -0.39 is 16.1 Å². The van der Waals surface area contributed by atoms with Gasteiger partial charge in [0.1, 0.15) is 5.82 Å². The van der Waals surface area contributed by atoms with Crippen molar-refractivity contribution < 1.29 is 17.6 Å². The van der Waals surface area contributed by atoms with E-state index in [2.05, 4.69) is 5.32 Å². The molecule has 1 aliphatic rings. The Morgan fingerprint density at radius 1 is 1.04 bits per heavy atom. The lowest BCUT2D eigenvalue weighted by atomic mass is 10.2. The van der Waals surface area contributed by atoms with Crippen LogP contribution in [-0.4, -0.2) is 55.8 Å². The molecule has 0 radical (unpaired) electrons. The number of benzene rings is 2. The molecule has 2 aromatic carbocycles. The van der Waals surface area contributed by atoms with E-state index in [1.807, 2.05) is 23.1 Å². The van der Waals surface area contributed by atoms with E-state index >= 15 is 0 Å². The van der Waals surface area contributed by atoms with Crippen LogP contribution < -0.4 is 5.32 Å². The minimum Gasteiger partial charge on any atom is -0.325 e. The molecule has 6 nitrogen and oxygen atoms in total. The third-order valence-electron chi connectivity index (χ3n) is 4.90. The van der Waals surface area contributed by atoms with Gasteiger partial charge in [-0.25, -0.2) is 12.8 Å². The zero-order chi connectivity index (χ0) is 20.1. The van der Waals surface area contributed by atoms with Crippen LogP contribution in [0.3, 0.4) is 0 Å². The third kappa shape index (κ3) is 5.15. The summed E-state index contributed by atoms with van der Waals surface area (Å²) in [6, 6.07) is 14.3. The van der Waals surface area contributed by atoms with Crippen molar-refractivity contribution in [2.24, 2.45) is 0 Å². The number of carbonyl (C=O) groups is 1. The largest absolute Gasteiger partial charge is 0.325 e. The number of hydrogen-bond donors (Lipinski definition) is 1. The molecule has 150 valence electrons. The highest BCUT2D eigenvalue weighted by Crippen LogP contribution is 2.16. The van der Waals surface area contributed by atoms with Gasteiger partial charge in [0.25, 0.3) is 0 Å². The minimum atomic E-state index is -3.39. The predicted molar refractivity (Wildman–Crippen MR) is 107 cm³/mol. The first-order valence-electron chi connectivity index (χ1n) is 9.17. The van der Waals surface area contributed by atoms with Crippen LogP contribution in [0.4, 0.5) is 10.1 Å². The van der Waals surface area contributed by atoms with E-state index in [4.69, 9.17) is 0 Å². The SMILES string of the molecule is C[C@@H](C(=O)Nc1ccc(F)cc1)N1CCN(S(=O)(=O)Cc2ccccc2)CC1. The molecule has 3 rings (SSSR count). The zero-order valence-corrected chi connectivity index (χ0v) is 16.5. The molecule has 1 aliphatic heterocycles. The number of nitrogens with zero attached hydrogens (tertiary/aromatic N) is 2. The van der Waals surface area contributed by atoms with Gasteiger partial charge in [-0.1, -0.05) is 30.3 Å². The molecule has 1 N–H and O–H groups in total. The maximum atomic E-state index is 13.0. The molecular weight excluding hydrogens is 381 g/mol. The maximum Gasteiger partial charge on any atom is 0.241 e. The number of sulfonamides is 1. The van der Waals surface area contributed by atoms with E-state index in [-0.39, 0.29) is 17.5 Å². The van der Waals surface area contributed by atoms with Gasteiger partial charge in [0, 0.05) is 31.9 Å². The normalized spacial score (nSPS) is 17.2. The Kier molecular flexibility index (Phi) is 6.43. The van der Waals surface area contributed by atoms with Gasteiger partial charge >= 0.3 is 0 Å². The van der Waals surface area contributed by atoms with Crippen molar-refractivity contribution >= 4 is 21.6 Å². The number of rotatable bonds is 6. The number of hydrogen-bond acceptors (Lipinski definition) is 4. The fourth-order valence-electron chi connectivity index (χ4n) is 3.19. The van der Waals surface area contributed by atoms with Crippen molar-refractivity contribution in [1.82, 2.24) is 9.21 Å². The smallest absolute Gasteiger partial charge is 0.241 e. The lowest BCUT2D eigenvalue weighted by molar-refractivity contribution is -0.121. The van der Waals surface area contributed by atoms with Crippen molar-refractivity contribution in [2.45, 2.75) is 18.7 Å². The number of halogens is 1. The van der Waals surface area contributed by atoms with Gasteiger partial charge in [-0.05, 0) is 36.8 Å². The number of nitrogens with one attached hydrogen (secondary N) is 1. The zero-order valence-electron chi connectivity index (χ0n) is 15.7. The topological polar surface area (TPSA) is 69.7 Å². The molecule has 1 fully saturated rings. The highest BCUT2D eigenvalue weighted by molar-refractivity contribution is 7.88. The van der Waals surface area contributed by atoms with Crippen LogP contribution in [0.1, 0.15) is 12.5 Å². The number of amides is 1. The van der Waals surface area contributed by atoms with Crippen LogP contribution in [0.25, 0.3) is 0 Å². The summed E-state index contributed by atoms with van der Waals surface area (Å²) in [7, 11) is -3.39. The van der Waals surface area contributed by atoms with Crippen molar-refractivity contribution in [3.63, 3.8) is 0 Å². The lowest BCUT2D eigenvalue weighted by Gasteiger charge is -2.36. The van der Waals surface area contributed by atoms with Crippen molar-refractivity contribution in [2.75, 3.05) is 31.5 Å². The highest BCUT2D eigenvalue weighted by atomic mass is 32.2. The molecule has 0 spiro atoms. The molecule has 8 heteroatoms. The van der Waals surface area contributed by atoms with Crippen LogP contribution in [0.2, 0.25) is 0 Å². The average molecular weight is 405 g/mol. The summed E-state index contributed by atoms with van der Waals surface area (Å²) >= 11 is 0. The Balaban J connectivity index is 1.53. The van der Waals surface area contributed by atoms with Gasteiger partial charge in [0.05, 0.1) is 11.8 Å². The fraction of sp³-hybridized carbons (Fsp3) is 0.350. The summed E-state index contributed by atoms with van der Waals surface area (Å²) in [5, 5.41) is 2.76. The molecule has 1 atom stereocenters. The van der Waals surface area contributed by atoms with Crippen LogP contribution in [-0.2, 0) is 20.6 Å². The van der Waals surface area contributed by atoms with E-state index in [1.165, 1.54) is 28.6 Å². The van der Waals surface area contributed by atoms with E-state index in [1.54, 1.807) is 19.1 Å². The quantitative estimate of drug-likeness (QED) is 0.801. The number of carbonyl (C=O) groups excluding carboxylic acids is 1. The van der Waals surface area contributed by atoms with Crippen LogP contribution in [0.15, 0.2) is 54.6 Å². The Hall–Kier alpha value is -2.29. The van der Waals surface area contributed by atoms with Gasteiger partial charge in [0.15, 0.2) is 0 Å². The summed E-state index contributed by atoms with van der Waals surface area (Å²) in [5.74, 6) is -0.583. The summed E-state index contributed by atoms with van der Waals surface area (Å²) in [6.45, 7) is 3.44. The first kappa shape index (κ1) is 20.4. The summed E-state index contributed by atoms with van der Waals surface area (Å²) in [6.07, 6.45) is 0. The monoisotopic (exact) mass is 405 g/mol. The maximum absolute atomic E-state index is 13.0. The Bertz CT molecular complexity index is 896. The van der Waals surface area contributed by atoms with Gasteiger partial charge in [0.2, 0.25) is 15.9 Å². The fourth-order valence-corrected chi connectivity index (χ4v) is 4.71. The van der Waals surface area contributed by atoms with E-state index in [0.29, 0.717) is 31.9 Å². The second kappa shape index (κ2) is 8.81. The summed E-state index contributed by atoms with van der Waals surface area (Å²) in [4.78, 5) is 14.4. The molecule has 1 saturated heterocycles. The summed E-state index contributed by atoms with van der Waals surface area (Å²) < 4.78 is 39.7. The minimum absolute atomic E-state index is 0.0194. The van der Waals surface area contributed by atoms with Crippen LogP contribution in [0, 0.1) is 5.82 Å². The molecule has 1 heterocycles. The van der Waals surface area contributed by atoms with Crippen molar-refractivity contribution in [1.29, 1.82) is 0 Å². The molecule has 0 aromatic heterocycles. The van der Waals surface area contributed by atoms with Crippen LogP contribution >= 0.6 is 0 Å². The Morgan fingerprint density at radius 2 is 1.64 bits per heavy atom. The molecule has 28 heavy (non-hydrogen) atoms. The average Bonchev–Trinajstić information content (AvgIpc) is 2.69. The predicted octanol–water partition coefficient (Wildman–Crippen LogP) is 2.30. The first-order chi connectivity index (χ1) is 13.3. The van der Waals surface area contributed by atoms with E-state index in [9.17, 15) is 17.6 Å². The van der Waals surface area contributed by atoms with Gasteiger partial charge in [-0.2, -0.15) is 4.31 Å². The molecule has 0 aliphatic carbocycles. The van der Waals surface area contributed by atoms with E-state index in [0.717, 1.165) is 5.56 Å². The second-order valence-electron chi connectivity index (χ2n) is 6.85. The standard InChI is InChI=1S/C20H24FN3O3S/c1-16(20(25)22-19-9-7-18(21)8-10-19)23-11-13-24(14-12-23)28(26,27)15-17-5-3-2-4-6-17/h2-10,16H,11-15H2,1H3,(H,22,25)/t16-/m0/s1. The van der Waals surface area contributed by atoms with Gasteiger partial charge < -0.3 is 5.32 Å². The lowest BCUT2D eigenvalue weighted by Crippen LogP contribution is -2.54. The summed E-state index contributed by atoms with van der Waals surface area (Å²) in [5.41, 5.74) is 1.29. The number of anilines is 1. The van der Waals surface area contributed by atoms with Gasteiger partial charge in [-0.3, -0.25) is 9.69 Å². The van der Waals surface area contributed by atoms with Crippen molar-refractivity contribution in [3.8, 4) is 0 Å². The molecular formula is C20H24FN3O3S. The van der Waals surface area contributed by atoms with Crippen molar-refractivity contribution in [3.05, 3.63) is 66.0 Å². The highest BCUT2D eigenvalue weighted by Gasteiger charge is 2.30.